The number of aryl methyl sites for hydroxylation is 1. The van der Waals surface area contributed by atoms with Crippen molar-refractivity contribution >= 4 is 18.1 Å². The van der Waals surface area contributed by atoms with E-state index in [1.54, 1.807) is 13.0 Å². The number of amides is 3. The van der Waals surface area contributed by atoms with Crippen molar-refractivity contribution in [3.8, 4) is 0 Å². The number of hydrogen-bond donors (Lipinski definition) is 2. The number of rotatable bonds is 3. The van der Waals surface area contributed by atoms with Crippen LogP contribution in [0.2, 0.25) is 0 Å². The summed E-state index contributed by atoms with van der Waals surface area (Å²) >= 11 is 0. The van der Waals surface area contributed by atoms with E-state index in [9.17, 15) is 18.8 Å². The molecule has 2 aliphatic rings. The highest BCUT2D eigenvalue weighted by Crippen LogP contribution is 2.34. The van der Waals surface area contributed by atoms with Crippen molar-refractivity contribution in [3.63, 3.8) is 0 Å². The van der Waals surface area contributed by atoms with Gasteiger partial charge in [-0.3, -0.25) is 4.79 Å². The monoisotopic (exact) mass is 407 g/mol. The average Bonchev–Trinajstić information content (AvgIpc) is 2.67. The van der Waals surface area contributed by atoms with Crippen LogP contribution < -0.4 is 5.73 Å². The molecule has 9 heteroatoms. The number of urea groups is 1. The van der Waals surface area contributed by atoms with Gasteiger partial charge in [-0.15, -0.1) is 0 Å². The smallest absolute Gasteiger partial charge is 0.410 e. The summed E-state index contributed by atoms with van der Waals surface area (Å²) in [6.07, 6.45) is 0.749. The summed E-state index contributed by atoms with van der Waals surface area (Å²) < 4.78 is 19.1. The lowest BCUT2D eigenvalue weighted by Crippen LogP contribution is -2.48. The van der Waals surface area contributed by atoms with Gasteiger partial charge in [0.2, 0.25) is 0 Å². The Morgan fingerprint density at radius 3 is 2.45 bits per heavy atom. The maximum atomic E-state index is 13.5. The lowest BCUT2D eigenvalue weighted by atomic mass is 9.91. The molecule has 158 valence electrons. The Morgan fingerprint density at radius 2 is 1.86 bits per heavy atom. The fourth-order valence-corrected chi connectivity index (χ4v) is 4.14. The number of piperidine rings is 2. The minimum atomic E-state index is -0.839. The number of halogens is 1. The first kappa shape index (κ1) is 20.9. The number of carboxylic acid groups (broad SMARTS) is 1. The van der Waals surface area contributed by atoms with Gasteiger partial charge in [-0.25, -0.2) is 14.0 Å². The van der Waals surface area contributed by atoms with Gasteiger partial charge in [0, 0.05) is 32.5 Å². The van der Waals surface area contributed by atoms with Crippen molar-refractivity contribution < 1.29 is 28.6 Å². The van der Waals surface area contributed by atoms with Crippen LogP contribution in [0.4, 0.5) is 14.0 Å². The first-order valence-corrected chi connectivity index (χ1v) is 9.76. The molecule has 2 heterocycles. The van der Waals surface area contributed by atoms with E-state index in [-0.39, 0.29) is 5.82 Å². The lowest BCUT2D eigenvalue weighted by molar-refractivity contribution is -0.143. The number of hydrogen-bond acceptors (Lipinski definition) is 4. The molecule has 0 bridgehead atoms. The van der Waals surface area contributed by atoms with Gasteiger partial charge in [-0.05, 0) is 43.0 Å². The molecule has 2 fully saturated rings. The van der Waals surface area contributed by atoms with Crippen LogP contribution in [-0.4, -0.2) is 58.7 Å². The zero-order valence-electron chi connectivity index (χ0n) is 16.3. The van der Waals surface area contributed by atoms with Crippen molar-refractivity contribution in [2.45, 2.75) is 44.8 Å². The number of nitrogens with two attached hydrogens (primary N) is 1. The van der Waals surface area contributed by atoms with Crippen LogP contribution in [0.25, 0.3) is 0 Å². The number of ether oxygens (including phenoxy) is 1. The summed E-state index contributed by atoms with van der Waals surface area (Å²) in [5.74, 6) is -1.63. The van der Waals surface area contributed by atoms with Crippen LogP contribution in [0.3, 0.4) is 0 Å². The van der Waals surface area contributed by atoms with Crippen molar-refractivity contribution in [2.75, 3.05) is 19.6 Å². The predicted molar refractivity (Wildman–Crippen MR) is 102 cm³/mol. The number of aliphatic carboxylic acids is 1. The van der Waals surface area contributed by atoms with Gasteiger partial charge in [-0.1, -0.05) is 6.07 Å². The van der Waals surface area contributed by atoms with E-state index >= 15 is 0 Å². The van der Waals surface area contributed by atoms with Crippen LogP contribution in [0.15, 0.2) is 18.2 Å². The minimum absolute atomic E-state index is 0.329. The molecule has 3 rings (SSSR count). The Labute approximate surface area is 168 Å². The van der Waals surface area contributed by atoms with Gasteiger partial charge in [-0.2, -0.15) is 0 Å². The predicted octanol–water partition coefficient (Wildman–Crippen LogP) is 2.65. The Kier molecular flexibility index (Phi) is 6.24. The summed E-state index contributed by atoms with van der Waals surface area (Å²) in [6.45, 7) is 2.78. The van der Waals surface area contributed by atoms with Crippen molar-refractivity contribution in [3.05, 3.63) is 35.1 Å². The molecule has 8 nitrogen and oxygen atoms in total. The van der Waals surface area contributed by atoms with Crippen molar-refractivity contribution in [1.29, 1.82) is 0 Å². The highest BCUT2D eigenvalue weighted by atomic mass is 19.1. The summed E-state index contributed by atoms with van der Waals surface area (Å²) in [4.78, 5) is 38.5. The maximum absolute atomic E-state index is 13.5. The summed E-state index contributed by atoms with van der Waals surface area (Å²) in [5.41, 5.74) is 6.99. The van der Waals surface area contributed by atoms with E-state index in [1.165, 1.54) is 21.9 Å². The molecule has 0 saturated carbocycles. The normalized spacial score (nSPS) is 23.0. The number of carbonyl (C=O) groups excluding carboxylic acids is 2. The third-order valence-electron chi connectivity index (χ3n) is 5.80. The molecule has 0 aromatic heterocycles. The third-order valence-corrected chi connectivity index (χ3v) is 5.80. The first-order valence-electron chi connectivity index (χ1n) is 9.76. The molecular formula is C20H26FN3O5. The molecule has 1 aromatic carbocycles. The number of carboxylic acids is 1. The van der Waals surface area contributed by atoms with Gasteiger partial charge >= 0.3 is 18.1 Å². The minimum Gasteiger partial charge on any atom is -0.481 e. The Morgan fingerprint density at radius 1 is 1.17 bits per heavy atom. The van der Waals surface area contributed by atoms with Crippen molar-refractivity contribution in [2.24, 2.45) is 11.7 Å². The van der Waals surface area contributed by atoms with Gasteiger partial charge in [0.25, 0.3) is 0 Å². The SMILES string of the molecule is Cc1cc(F)ccc1C1CC(OC(=O)N2CCC(C(=O)O)CC2)CCN1C(N)=O. The van der Waals surface area contributed by atoms with Crippen LogP contribution in [0.1, 0.15) is 42.9 Å². The van der Waals surface area contributed by atoms with Crippen molar-refractivity contribution in [1.82, 2.24) is 9.80 Å². The molecule has 3 N–H and O–H groups in total. The largest absolute Gasteiger partial charge is 0.481 e. The zero-order chi connectivity index (χ0) is 21.1. The second kappa shape index (κ2) is 8.67. The number of nitrogens with zero attached hydrogens (tertiary/aromatic N) is 2. The Balaban J connectivity index is 1.66. The quantitative estimate of drug-likeness (QED) is 0.800. The Hall–Kier alpha value is -2.84. The molecule has 0 aliphatic carbocycles. The van der Waals surface area contributed by atoms with Gasteiger partial charge < -0.3 is 25.4 Å². The number of benzene rings is 1. The van der Waals surface area contributed by atoms with E-state index in [1.807, 2.05) is 0 Å². The molecule has 0 radical (unpaired) electrons. The molecule has 3 amide bonds. The molecular weight excluding hydrogens is 381 g/mol. The van der Waals surface area contributed by atoms with Gasteiger partial charge in [0.1, 0.15) is 11.9 Å². The summed E-state index contributed by atoms with van der Waals surface area (Å²) in [6, 6.07) is 3.39. The first-order chi connectivity index (χ1) is 13.8. The maximum Gasteiger partial charge on any atom is 0.410 e. The van der Waals surface area contributed by atoms with E-state index < -0.39 is 36.2 Å². The molecule has 1 aromatic rings. The molecule has 2 aliphatic heterocycles. The topological polar surface area (TPSA) is 113 Å². The molecule has 2 saturated heterocycles. The third kappa shape index (κ3) is 4.78. The zero-order valence-corrected chi connectivity index (χ0v) is 16.3. The number of carbonyl (C=O) groups is 3. The van der Waals surface area contributed by atoms with E-state index in [0.29, 0.717) is 50.9 Å². The number of likely N-dealkylation sites (tertiary alicyclic amines) is 2. The van der Waals surface area contributed by atoms with E-state index in [0.717, 1.165) is 5.56 Å². The fourth-order valence-electron chi connectivity index (χ4n) is 4.14. The van der Waals surface area contributed by atoms with Crippen LogP contribution >= 0.6 is 0 Å². The fraction of sp³-hybridized carbons (Fsp3) is 0.550. The van der Waals surface area contributed by atoms with Crippen LogP contribution in [0.5, 0.6) is 0 Å². The van der Waals surface area contributed by atoms with Crippen LogP contribution in [-0.2, 0) is 9.53 Å². The molecule has 2 atom stereocenters. The highest BCUT2D eigenvalue weighted by molar-refractivity contribution is 5.73. The standard InChI is InChI=1S/C20H26FN3O5/c1-12-10-14(21)2-3-16(12)17-11-15(6-9-24(17)19(22)27)29-20(28)23-7-4-13(5-8-23)18(25)26/h2-3,10,13,15,17H,4-9,11H2,1H3,(H2,22,27)(H,25,26). The van der Waals surface area contributed by atoms with E-state index in [4.69, 9.17) is 15.6 Å². The molecule has 2 unspecified atom stereocenters. The average molecular weight is 407 g/mol. The second-order valence-corrected chi connectivity index (χ2v) is 7.68. The summed E-state index contributed by atoms with van der Waals surface area (Å²) in [7, 11) is 0. The highest BCUT2D eigenvalue weighted by Gasteiger charge is 2.36. The molecule has 0 spiro atoms. The second-order valence-electron chi connectivity index (χ2n) is 7.68. The lowest BCUT2D eigenvalue weighted by Gasteiger charge is -2.39. The number of primary amides is 1. The van der Waals surface area contributed by atoms with Gasteiger partial charge in [0.05, 0.1) is 12.0 Å². The van der Waals surface area contributed by atoms with E-state index in [2.05, 4.69) is 0 Å². The Bertz CT molecular complexity index is 794. The van der Waals surface area contributed by atoms with Gasteiger partial charge in [0.15, 0.2) is 0 Å². The van der Waals surface area contributed by atoms with Crippen LogP contribution in [0, 0.1) is 18.7 Å². The summed E-state index contributed by atoms with van der Waals surface area (Å²) in [5, 5.41) is 9.07. The molecule has 29 heavy (non-hydrogen) atoms.